The lowest BCUT2D eigenvalue weighted by Gasteiger charge is -2.56. The van der Waals surface area contributed by atoms with E-state index < -0.39 is 10.0 Å². The summed E-state index contributed by atoms with van der Waals surface area (Å²) in [5.41, 5.74) is 0. The van der Waals surface area contributed by atoms with Gasteiger partial charge in [-0.15, -0.1) is 0 Å². The number of piperazine rings is 1. The van der Waals surface area contributed by atoms with E-state index in [2.05, 4.69) is 16.7 Å². The van der Waals surface area contributed by atoms with Crippen molar-refractivity contribution in [2.75, 3.05) is 19.3 Å². The summed E-state index contributed by atoms with van der Waals surface area (Å²) in [4.78, 5) is 30.2. The summed E-state index contributed by atoms with van der Waals surface area (Å²) in [7, 11) is -3.14. The van der Waals surface area contributed by atoms with Crippen LogP contribution in [0.2, 0.25) is 0 Å². The van der Waals surface area contributed by atoms with E-state index in [9.17, 15) is 18.0 Å². The third kappa shape index (κ3) is 4.42. The van der Waals surface area contributed by atoms with Crippen LogP contribution in [0.4, 0.5) is 0 Å². The molecule has 7 nitrogen and oxygen atoms in total. The highest BCUT2D eigenvalue weighted by Gasteiger charge is 2.50. The topological polar surface area (TPSA) is 78.0 Å². The Morgan fingerprint density at radius 3 is 2.09 bits per heavy atom. The summed E-state index contributed by atoms with van der Waals surface area (Å²) < 4.78 is 26.4. The zero-order chi connectivity index (χ0) is 24.2. The van der Waals surface area contributed by atoms with Crippen molar-refractivity contribution in [1.29, 1.82) is 0 Å². The second-order valence-corrected chi connectivity index (χ2v) is 14.0. The monoisotopic (exact) mass is 493 g/mol. The number of rotatable bonds is 3. The maximum atomic E-state index is 13.4. The molecule has 6 unspecified atom stereocenters. The summed E-state index contributed by atoms with van der Waals surface area (Å²) >= 11 is 0. The van der Waals surface area contributed by atoms with E-state index in [-0.39, 0.29) is 36.0 Å². The molecule has 0 bridgehead atoms. The molecule has 2 saturated heterocycles. The van der Waals surface area contributed by atoms with E-state index in [1.807, 2.05) is 0 Å². The second kappa shape index (κ2) is 9.38. The molecule has 2 aliphatic heterocycles. The number of nitrogens with zero attached hydrogens (tertiary/aromatic N) is 3. The number of fused-ring (bicyclic) bond motifs is 2. The van der Waals surface area contributed by atoms with Crippen molar-refractivity contribution in [3.63, 3.8) is 0 Å². The van der Waals surface area contributed by atoms with E-state index in [1.165, 1.54) is 6.26 Å². The smallest absolute Gasteiger partial charge is 0.226 e. The minimum Gasteiger partial charge on any atom is -0.335 e. The Kier molecular flexibility index (Phi) is 6.77. The quantitative estimate of drug-likeness (QED) is 0.605. The van der Waals surface area contributed by atoms with Crippen LogP contribution in [0.1, 0.15) is 84.5 Å². The summed E-state index contributed by atoms with van der Waals surface area (Å²) in [5.74, 6) is 2.30. The van der Waals surface area contributed by atoms with Crippen LogP contribution in [0, 0.1) is 23.7 Å². The van der Waals surface area contributed by atoms with Crippen LogP contribution < -0.4 is 0 Å². The lowest BCUT2D eigenvalue weighted by molar-refractivity contribution is -0.159. The van der Waals surface area contributed by atoms with Gasteiger partial charge in [0.25, 0.3) is 0 Å². The number of carbonyl (C=O) groups excluding carboxylic acids is 2. The van der Waals surface area contributed by atoms with Crippen LogP contribution >= 0.6 is 0 Å². The van der Waals surface area contributed by atoms with Crippen molar-refractivity contribution in [2.45, 2.75) is 109 Å². The first-order valence-electron chi connectivity index (χ1n) is 13.7. The Morgan fingerprint density at radius 1 is 0.794 bits per heavy atom. The largest absolute Gasteiger partial charge is 0.335 e. The van der Waals surface area contributed by atoms with E-state index in [1.54, 1.807) is 11.2 Å². The van der Waals surface area contributed by atoms with Gasteiger partial charge in [-0.05, 0) is 88.9 Å². The van der Waals surface area contributed by atoms with Crippen LogP contribution in [0.3, 0.4) is 0 Å². The van der Waals surface area contributed by atoms with Crippen molar-refractivity contribution in [3.05, 3.63) is 0 Å². The zero-order valence-electron chi connectivity index (χ0n) is 21.2. The van der Waals surface area contributed by atoms with Gasteiger partial charge in [-0.3, -0.25) is 9.59 Å². The molecule has 0 spiro atoms. The predicted octanol–water partition coefficient (Wildman–Crippen LogP) is 3.24. The first-order valence-corrected chi connectivity index (χ1v) is 15.6. The van der Waals surface area contributed by atoms with Crippen molar-refractivity contribution in [3.8, 4) is 0 Å². The summed E-state index contributed by atoms with van der Waals surface area (Å²) in [6.45, 7) is 5.13. The molecule has 2 heterocycles. The molecular weight excluding hydrogens is 450 g/mol. The average molecular weight is 494 g/mol. The van der Waals surface area contributed by atoms with E-state index in [0.717, 1.165) is 70.6 Å². The van der Waals surface area contributed by atoms with Crippen LogP contribution in [0.25, 0.3) is 0 Å². The van der Waals surface area contributed by atoms with Crippen molar-refractivity contribution in [1.82, 2.24) is 14.1 Å². The van der Waals surface area contributed by atoms with Crippen molar-refractivity contribution >= 4 is 21.8 Å². The fourth-order valence-corrected chi connectivity index (χ4v) is 9.49. The molecule has 5 fully saturated rings. The fourth-order valence-electron chi connectivity index (χ4n) is 8.26. The summed E-state index contributed by atoms with van der Waals surface area (Å²) in [6, 6.07) is 0.549. The molecule has 34 heavy (non-hydrogen) atoms. The van der Waals surface area contributed by atoms with Gasteiger partial charge in [-0.1, -0.05) is 6.42 Å². The predicted molar refractivity (Wildman–Crippen MR) is 131 cm³/mol. The molecule has 3 aliphatic carbocycles. The van der Waals surface area contributed by atoms with Gasteiger partial charge in [0.05, 0.1) is 18.3 Å². The standard InChI is InChI=1S/C26H43N3O4S/c1-17-16-27(26(31)19-6-4-7-19)25-15-21(10-12-24(25)29(17)18(2)30)20-9-11-23-22(14-20)8-5-13-28(23)34(3,32)33/h17,19-25H,4-16H2,1-3H3/t17-,20?,21?,22?,23?,24?,25?/m0/s1. The Bertz CT molecular complexity index is 904. The Morgan fingerprint density at radius 2 is 1.47 bits per heavy atom. The normalized spacial score (nSPS) is 39.7. The van der Waals surface area contributed by atoms with E-state index in [4.69, 9.17) is 0 Å². The highest BCUT2D eigenvalue weighted by atomic mass is 32.2. The molecule has 0 aromatic rings. The van der Waals surface area contributed by atoms with Crippen molar-refractivity contribution in [2.24, 2.45) is 23.7 Å². The summed E-state index contributed by atoms with van der Waals surface area (Å²) in [6.07, 6.45) is 12.9. The maximum absolute atomic E-state index is 13.4. The van der Waals surface area contributed by atoms with Crippen LogP contribution in [0.15, 0.2) is 0 Å². The number of carbonyl (C=O) groups is 2. The highest BCUT2D eigenvalue weighted by molar-refractivity contribution is 7.88. The second-order valence-electron chi connectivity index (χ2n) is 12.0. The van der Waals surface area contributed by atoms with Gasteiger partial charge in [0.15, 0.2) is 0 Å². The van der Waals surface area contributed by atoms with E-state index >= 15 is 0 Å². The number of hydrogen-bond acceptors (Lipinski definition) is 4. The van der Waals surface area contributed by atoms with Gasteiger partial charge in [0.1, 0.15) is 0 Å². The zero-order valence-corrected chi connectivity index (χ0v) is 22.0. The Labute approximate surface area is 205 Å². The molecular formula is C26H43N3O4S. The van der Waals surface area contributed by atoms with Gasteiger partial charge in [0.2, 0.25) is 21.8 Å². The Balaban J connectivity index is 1.31. The van der Waals surface area contributed by atoms with Gasteiger partial charge in [-0.25, -0.2) is 8.42 Å². The number of amides is 2. The third-order valence-electron chi connectivity index (χ3n) is 10.0. The summed E-state index contributed by atoms with van der Waals surface area (Å²) in [5, 5.41) is 0. The number of piperidine rings is 1. The first-order chi connectivity index (χ1) is 16.1. The van der Waals surface area contributed by atoms with Crippen LogP contribution in [0.5, 0.6) is 0 Å². The number of sulfonamides is 1. The van der Waals surface area contributed by atoms with Crippen LogP contribution in [-0.2, 0) is 19.6 Å². The van der Waals surface area contributed by atoms with Crippen molar-refractivity contribution < 1.29 is 18.0 Å². The van der Waals surface area contributed by atoms with Gasteiger partial charge in [0, 0.05) is 38.0 Å². The average Bonchev–Trinajstić information content (AvgIpc) is 2.75. The maximum Gasteiger partial charge on any atom is 0.226 e. The SMILES string of the molecule is CC(=O)N1C2CCC(C3CCC4C(CCCN4S(C)(=O)=O)C3)CC2N(C(=O)C2CCC2)C[C@@H]1C. The minimum absolute atomic E-state index is 0.0824. The molecule has 3 saturated carbocycles. The highest BCUT2D eigenvalue weighted by Crippen LogP contribution is 2.47. The van der Waals surface area contributed by atoms with Crippen LogP contribution in [-0.4, -0.2) is 77.8 Å². The molecule has 192 valence electrons. The molecule has 0 radical (unpaired) electrons. The third-order valence-corrected chi connectivity index (χ3v) is 11.3. The lowest BCUT2D eigenvalue weighted by atomic mass is 9.65. The first kappa shape index (κ1) is 24.5. The molecule has 0 N–H and O–H groups in total. The molecule has 2 amide bonds. The molecule has 5 rings (SSSR count). The molecule has 7 atom stereocenters. The number of hydrogen-bond donors (Lipinski definition) is 0. The molecule has 5 aliphatic rings. The Hall–Kier alpha value is -1.15. The van der Waals surface area contributed by atoms with E-state index in [0.29, 0.717) is 36.8 Å². The van der Waals surface area contributed by atoms with Gasteiger partial charge in [-0.2, -0.15) is 4.31 Å². The molecule has 8 heteroatoms. The molecule has 0 aromatic heterocycles. The van der Waals surface area contributed by atoms with Gasteiger partial charge < -0.3 is 9.80 Å². The lowest BCUT2D eigenvalue weighted by Crippen LogP contribution is -2.68. The minimum atomic E-state index is -3.14. The fraction of sp³-hybridized carbons (Fsp3) is 0.923. The van der Waals surface area contributed by atoms with Gasteiger partial charge >= 0.3 is 0 Å². The molecule has 0 aromatic carbocycles.